The van der Waals surface area contributed by atoms with Gasteiger partial charge in [-0.1, -0.05) is 6.07 Å². The zero-order valence-corrected chi connectivity index (χ0v) is 15.9. The molecule has 1 aromatic rings. The summed E-state index contributed by atoms with van der Waals surface area (Å²) in [5.41, 5.74) is -1.31. The number of hydrogen-bond donors (Lipinski definition) is 0. The first-order chi connectivity index (χ1) is 13.6. The van der Waals surface area contributed by atoms with Gasteiger partial charge in [0.2, 0.25) is 0 Å². The summed E-state index contributed by atoms with van der Waals surface area (Å²) in [6.45, 7) is 1.74. The lowest BCUT2D eigenvalue weighted by Gasteiger charge is -2.38. The normalized spacial score (nSPS) is 19.6. The molecule has 1 fully saturated rings. The van der Waals surface area contributed by atoms with Crippen LogP contribution in [0.3, 0.4) is 0 Å². The lowest BCUT2D eigenvalue weighted by Crippen LogP contribution is -2.43. The van der Waals surface area contributed by atoms with Gasteiger partial charge >= 0.3 is 18.2 Å². The van der Waals surface area contributed by atoms with E-state index >= 15 is 0 Å². The van der Waals surface area contributed by atoms with E-state index in [-0.39, 0.29) is 31.6 Å². The number of nitrogens with zero attached hydrogens (tertiary/aromatic N) is 1. The molecule has 160 valence electrons. The summed E-state index contributed by atoms with van der Waals surface area (Å²) in [4.78, 5) is 37.2. The Morgan fingerprint density at radius 3 is 2.48 bits per heavy atom. The number of ether oxygens (including phenoxy) is 2. The van der Waals surface area contributed by atoms with Crippen molar-refractivity contribution in [2.75, 3.05) is 20.3 Å². The van der Waals surface area contributed by atoms with Crippen molar-refractivity contribution in [1.29, 1.82) is 0 Å². The molecule has 0 bridgehead atoms. The van der Waals surface area contributed by atoms with Gasteiger partial charge in [-0.2, -0.15) is 13.2 Å². The fourth-order valence-electron chi connectivity index (χ4n) is 3.36. The van der Waals surface area contributed by atoms with Gasteiger partial charge in [-0.25, -0.2) is 9.18 Å². The summed E-state index contributed by atoms with van der Waals surface area (Å²) in [6.07, 6.45) is -5.79. The molecule has 1 amide bonds. The lowest BCUT2D eigenvalue weighted by molar-refractivity contribution is -0.146. The number of piperidine rings is 1. The Balaban J connectivity index is 2.30. The highest BCUT2D eigenvalue weighted by atomic mass is 19.4. The van der Waals surface area contributed by atoms with Crippen LogP contribution in [-0.4, -0.2) is 43.0 Å². The van der Waals surface area contributed by atoms with E-state index in [2.05, 4.69) is 4.74 Å². The van der Waals surface area contributed by atoms with E-state index < -0.39 is 53.8 Å². The molecule has 0 aliphatic carbocycles. The van der Waals surface area contributed by atoms with Crippen molar-refractivity contribution in [2.24, 2.45) is 5.92 Å². The van der Waals surface area contributed by atoms with Crippen LogP contribution in [0.25, 0.3) is 0 Å². The van der Waals surface area contributed by atoms with Gasteiger partial charge in [-0.05, 0) is 31.9 Å². The molecule has 2 rings (SSSR count). The van der Waals surface area contributed by atoms with E-state index in [1.54, 1.807) is 6.92 Å². The van der Waals surface area contributed by atoms with Crippen LogP contribution in [0.2, 0.25) is 0 Å². The fraction of sp³-hybridized carbons (Fsp3) is 0.526. The number of alkyl halides is 3. The first kappa shape index (κ1) is 22.6. The summed E-state index contributed by atoms with van der Waals surface area (Å²) in [5.74, 6) is -2.93. The standard InChI is InChI=1S/C19H21F4NO5/c1-3-29-17(26)10-16(25)11-6-7-24(18(27)28-2)15(8-11)13-5-4-12(9-14(13)20)19(21,22)23/h4-5,9,11,15H,3,6-8,10H2,1-2H3. The molecule has 0 radical (unpaired) electrons. The molecular formula is C19H21F4NO5. The molecule has 0 N–H and O–H groups in total. The van der Waals surface area contributed by atoms with Crippen LogP contribution in [0.4, 0.5) is 22.4 Å². The van der Waals surface area contributed by atoms with Crippen molar-refractivity contribution in [2.45, 2.75) is 38.4 Å². The van der Waals surface area contributed by atoms with E-state index in [4.69, 9.17) is 4.74 Å². The molecule has 0 saturated carbocycles. The Morgan fingerprint density at radius 2 is 1.93 bits per heavy atom. The van der Waals surface area contributed by atoms with Crippen molar-refractivity contribution >= 4 is 17.8 Å². The molecule has 29 heavy (non-hydrogen) atoms. The quantitative estimate of drug-likeness (QED) is 0.411. The number of benzene rings is 1. The zero-order chi connectivity index (χ0) is 21.8. The molecule has 2 atom stereocenters. The second-order valence-electron chi connectivity index (χ2n) is 6.58. The SMILES string of the molecule is CCOC(=O)CC(=O)C1CCN(C(=O)OC)C(c2ccc(C(F)(F)F)cc2F)C1. The van der Waals surface area contributed by atoms with Gasteiger partial charge in [0, 0.05) is 18.0 Å². The number of methoxy groups -OCH3 is 1. The monoisotopic (exact) mass is 419 g/mol. The van der Waals surface area contributed by atoms with Crippen molar-refractivity contribution < 1.29 is 41.4 Å². The molecule has 2 unspecified atom stereocenters. The number of halogens is 4. The third-order valence-corrected chi connectivity index (χ3v) is 4.78. The minimum absolute atomic E-state index is 0.0248. The summed E-state index contributed by atoms with van der Waals surface area (Å²) in [6, 6.07) is 1.03. The number of ketones is 1. The van der Waals surface area contributed by atoms with Gasteiger partial charge in [0.15, 0.2) is 0 Å². The van der Waals surface area contributed by atoms with Crippen molar-refractivity contribution in [1.82, 2.24) is 4.90 Å². The van der Waals surface area contributed by atoms with E-state index in [0.29, 0.717) is 6.07 Å². The maximum Gasteiger partial charge on any atom is 0.416 e. The second kappa shape index (κ2) is 9.23. The summed E-state index contributed by atoms with van der Waals surface area (Å²) >= 11 is 0. The Hall–Kier alpha value is -2.65. The smallest absolute Gasteiger partial charge is 0.416 e. The number of esters is 1. The highest BCUT2D eigenvalue weighted by molar-refractivity contribution is 5.97. The highest BCUT2D eigenvalue weighted by Gasteiger charge is 2.39. The summed E-state index contributed by atoms with van der Waals surface area (Å²) in [5, 5.41) is 0. The molecule has 1 heterocycles. The molecule has 0 spiro atoms. The van der Waals surface area contributed by atoms with Crippen LogP contribution in [-0.2, 0) is 25.2 Å². The third-order valence-electron chi connectivity index (χ3n) is 4.78. The minimum atomic E-state index is -4.72. The van der Waals surface area contributed by atoms with Crippen molar-refractivity contribution in [3.05, 3.63) is 35.1 Å². The second-order valence-corrected chi connectivity index (χ2v) is 6.58. The van der Waals surface area contributed by atoms with E-state index in [9.17, 15) is 31.9 Å². The predicted octanol–water partition coefficient (Wildman–Crippen LogP) is 3.89. The number of amides is 1. The summed E-state index contributed by atoms with van der Waals surface area (Å²) < 4.78 is 62.4. The number of carbonyl (C=O) groups excluding carboxylic acids is 3. The van der Waals surface area contributed by atoms with Crippen LogP contribution in [0.5, 0.6) is 0 Å². The van der Waals surface area contributed by atoms with Crippen molar-refractivity contribution in [3.8, 4) is 0 Å². The summed E-state index contributed by atoms with van der Waals surface area (Å²) in [7, 11) is 1.13. The Labute approximate surface area is 164 Å². The number of Topliss-reactive ketones (excluding diaryl/α,β-unsaturated/α-hetero) is 1. The zero-order valence-electron chi connectivity index (χ0n) is 15.9. The molecule has 1 aliphatic heterocycles. The van der Waals surface area contributed by atoms with Crippen LogP contribution < -0.4 is 0 Å². The van der Waals surface area contributed by atoms with Crippen LogP contribution in [0, 0.1) is 11.7 Å². The van der Waals surface area contributed by atoms with Gasteiger partial charge in [0.05, 0.1) is 25.3 Å². The molecule has 0 aromatic heterocycles. The first-order valence-electron chi connectivity index (χ1n) is 8.98. The largest absolute Gasteiger partial charge is 0.466 e. The van der Waals surface area contributed by atoms with Gasteiger partial charge < -0.3 is 14.4 Å². The predicted molar refractivity (Wildman–Crippen MR) is 92.2 cm³/mol. The van der Waals surface area contributed by atoms with E-state index in [1.165, 1.54) is 4.90 Å². The fourth-order valence-corrected chi connectivity index (χ4v) is 3.36. The third kappa shape index (κ3) is 5.45. The molecule has 1 saturated heterocycles. The van der Waals surface area contributed by atoms with Gasteiger partial charge in [0.25, 0.3) is 0 Å². The average molecular weight is 419 g/mol. The maximum absolute atomic E-state index is 14.5. The number of carbonyl (C=O) groups is 3. The van der Waals surface area contributed by atoms with Crippen LogP contribution >= 0.6 is 0 Å². The van der Waals surface area contributed by atoms with Gasteiger partial charge in [-0.3, -0.25) is 9.59 Å². The maximum atomic E-state index is 14.5. The molecule has 6 nitrogen and oxygen atoms in total. The topological polar surface area (TPSA) is 72.9 Å². The molecule has 10 heteroatoms. The Morgan fingerprint density at radius 1 is 1.24 bits per heavy atom. The van der Waals surface area contributed by atoms with E-state index in [0.717, 1.165) is 19.2 Å². The van der Waals surface area contributed by atoms with Crippen molar-refractivity contribution in [3.63, 3.8) is 0 Å². The first-order valence-corrected chi connectivity index (χ1v) is 8.98. The Bertz CT molecular complexity index is 780. The Kier molecular flexibility index (Phi) is 7.21. The number of likely N-dealkylation sites (tertiary alicyclic amines) is 1. The molecule has 1 aromatic carbocycles. The lowest BCUT2D eigenvalue weighted by atomic mass is 9.83. The number of hydrogen-bond acceptors (Lipinski definition) is 5. The highest BCUT2D eigenvalue weighted by Crippen LogP contribution is 2.38. The van der Waals surface area contributed by atoms with Crippen LogP contribution in [0.1, 0.15) is 43.4 Å². The average Bonchev–Trinajstić information content (AvgIpc) is 2.66. The molecular weight excluding hydrogens is 398 g/mol. The van der Waals surface area contributed by atoms with Gasteiger partial charge in [0.1, 0.15) is 18.0 Å². The molecule has 1 aliphatic rings. The minimum Gasteiger partial charge on any atom is -0.466 e. The number of rotatable bonds is 5. The van der Waals surface area contributed by atoms with Gasteiger partial charge in [-0.15, -0.1) is 0 Å². The van der Waals surface area contributed by atoms with E-state index in [1.807, 2.05) is 0 Å². The van der Waals surface area contributed by atoms with Crippen LogP contribution in [0.15, 0.2) is 18.2 Å².